The summed E-state index contributed by atoms with van der Waals surface area (Å²) in [4.78, 5) is 26.1. The van der Waals surface area contributed by atoms with Crippen molar-refractivity contribution >= 4 is 12.0 Å². The van der Waals surface area contributed by atoms with Crippen LogP contribution in [0.3, 0.4) is 0 Å². The molecule has 3 atom stereocenters. The Balaban J connectivity index is 1.51. The molecule has 224 valence electrons. The van der Waals surface area contributed by atoms with Gasteiger partial charge in [-0.05, 0) is 68.4 Å². The molecule has 2 amide bonds. The predicted octanol–water partition coefficient (Wildman–Crippen LogP) is 7.01. The van der Waals surface area contributed by atoms with Crippen LogP contribution in [-0.4, -0.2) is 47.2 Å². The molecule has 12 heteroatoms. The Morgan fingerprint density at radius 1 is 0.927 bits per heavy atom. The van der Waals surface area contributed by atoms with Gasteiger partial charge in [0.2, 0.25) is 5.91 Å². The number of hydrogen-bond acceptors (Lipinski definition) is 3. The summed E-state index contributed by atoms with van der Waals surface area (Å²) < 4.78 is 86.7. The Morgan fingerprint density at radius 3 is 2.05 bits per heavy atom. The topological polar surface area (TPSA) is 78.9 Å². The van der Waals surface area contributed by atoms with Crippen LogP contribution in [0.4, 0.5) is 31.1 Å². The molecule has 1 heterocycles. The van der Waals surface area contributed by atoms with Crippen LogP contribution in [0.25, 0.3) is 0 Å². The number of likely N-dealkylation sites (tertiary alicyclic amines) is 1. The fraction of sp³-hybridized carbons (Fsp3) is 0.517. The van der Waals surface area contributed by atoms with Crippen LogP contribution in [0.5, 0.6) is 0 Å². The lowest BCUT2D eigenvalue weighted by Gasteiger charge is -2.41. The van der Waals surface area contributed by atoms with Crippen LogP contribution < -0.4 is 5.32 Å². The number of nitrogens with zero attached hydrogens (tertiary/aromatic N) is 1. The van der Waals surface area contributed by atoms with Gasteiger partial charge in [-0.25, -0.2) is 4.79 Å². The van der Waals surface area contributed by atoms with Crippen molar-refractivity contribution in [2.45, 2.75) is 75.5 Å². The first-order valence-corrected chi connectivity index (χ1v) is 13.5. The summed E-state index contributed by atoms with van der Waals surface area (Å²) in [7, 11) is 0. The van der Waals surface area contributed by atoms with E-state index in [1.54, 1.807) is 4.90 Å². The molecule has 0 aromatic heterocycles. The van der Waals surface area contributed by atoms with Gasteiger partial charge in [0.1, 0.15) is 0 Å². The third-order valence-corrected chi connectivity index (χ3v) is 7.95. The van der Waals surface area contributed by atoms with E-state index >= 15 is 0 Å². The maximum absolute atomic E-state index is 13.4. The third-order valence-electron chi connectivity index (χ3n) is 7.95. The standard InChI is InChI=1S/C29H32F6N2O4/c1-17(20-13-21(28(30,31)32)15-22(14-20)29(33,34)35)41-25-11-12-37(16-24(25)18-5-3-2-4-6-18)26(38)19-7-9-23(10-8-19)36-27(39)40/h2-6,13-15,17,19,23-25,36H,7-12,16H2,1H3,(H,39,40)/t17-,19-,23-,24+,25+/m1/s1. The van der Waals surface area contributed by atoms with Crippen molar-refractivity contribution in [1.82, 2.24) is 10.2 Å². The summed E-state index contributed by atoms with van der Waals surface area (Å²) in [6.07, 6.45) is -10.1. The van der Waals surface area contributed by atoms with E-state index in [1.807, 2.05) is 30.3 Å². The number of halogens is 6. The zero-order chi connectivity index (χ0) is 29.9. The number of hydrogen-bond donors (Lipinski definition) is 2. The second-order valence-electron chi connectivity index (χ2n) is 10.7. The van der Waals surface area contributed by atoms with Gasteiger partial charge in [-0.3, -0.25) is 4.79 Å². The number of alkyl halides is 6. The molecule has 4 rings (SSSR count). The molecule has 2 N–H and O–H groups in total. The summed E-state index contributed by atoms with van der Waals surface area (Å²) >= 11 is 0. The second-order valence-corrected chi connectivity index (χ2v) is 10.7. The largest absolute Gasteiger partial charge is 0.465 e. The molecule has 1 aliphatic carbocycles. The van der Waals surface area contributed by atoms with Crippen molar-refractivity contribution in [3.8, 4) is 0 Å². The molecule has 2 aliphatic rings. The SMILES string of the molecule is C[C@@H](O[C@H]1CCN(C(=O)[C@H]2CC[C@H](NC(=O)O)CC2)C[C@H]1c1ccccc1)c1cc(C(F)(F)F)cc(C(F)(F)F)c1. The van der Waals surface area contributed by atoms with Gasteiger partial charge in [-0.15, -0.1) is 0 Å². The minimum absolute atomic E-state index is 0.0427. The zero-order valence-electron chi connectivity index (χ0n) is 22.3. The number of benzene rings is 2. The van der Waals surface area contributed by atoms with Crippen LogP contribution in [0.2, 0.25) is 0 Å². The van der Waals surface area contributed by atoms with E-state index in [2.05, 4.69) is 5.32 Å². The first kappa shape index (κ1) is 30.7. The molecule has 1 saturated heterocycles. The van der Waals surface area contributed by atoms with Crippen molar-refractivity contribution in [2.24, 2.45) is 5.92 Å². The number of rotatable bonds is 6. The monoisotopic (exact) mass is 586 g/mol. The van der Waals surface area contributed by atoms with Crippen molar-refractivity contribution < 1.29 is 45.8 Å². The van der Waals surface area contributed by atoms with Crippen LogP contribution in [0.1, 0.15) is 73.3 Å². The molecule has 2 aromatic carbocycles. The van der Waals surface area contributed by atoms with E-state index in [0.717, 1.165) is 5.56 Å². The van der Waals surface area contributed by atoms with E-state index in [9.17, 15) is 35.9 Å². The third kappa shape index (κ3) is 7.72. The fourth-order valence-electron chi connectivity index (χ4n) is 5.79. The molecule has 0 unspecified atom stereocenters. The molecule has 0 spiro atoms. The molecule has 0 radical (unpaired) electrons. The van der Waals surface area contributed by atoms with Crippen molar-refractivity contribution in [3.05, 3.63) is 70.8 Å². The predicted molar refractivity (Wildman–Crippen MR) is 137 cm³/mol. The Hall–Kier alpha value is -3.28. The number of amides is 2. The lowest BCUT2D eigenvalue weighted by atomic mass is 9.83. The number of carbonyl (C=O) groups excluding carboxylic acids is 1. The number of carboxylic acid groups (broad SMARTS) is 1. The average Bonchev–Trinajstić information content (AvgIpc) is 2.92. The van der Waals surface area contributed by atoms with Gasteiger partial charge in [0.15, 0.2) is 0 Å². The van der Waals surface area contributed by atoms with Crippen molar-refractivity contribution in [3.63, 3.8) is 0 Å². The van der Waals surface area contributed by atoms with Crippen molar-refractivity contribution in [2.75, 3.05) is 13.1 Å². The van der Waals surface area contributed by atoms with E-state index < -0.39 is 41.8 Å². The smallest absolute Gasteiger partial charge is 0.416 e. The van der Waals surface area contributed by atoms with Gasteiger partial charge in [-0.2, -0.15) is 26.3 Å². The fourth-order valence-corrected chi connectivity index (χ4v) is 5.79. The van der Waals surface area contributed by atoms with Gasteiger partial charge in [0.05, 0.1) is 23.3 Å². The zero-order valence-corrected chi connectivity index (χ0v) is 22.3. The Bertz CT molecular complexity index is 1180. The van der Waals surface area contributed by atoms with E-state index in [0.29, 0.717) is 50.8 Å². The highest BCUT2D eigenvalue weighted by Gasteiger charge is 2.40. The van der Waals surface area contributed by atoms with E-state index in [1.165, 1.54) is 6.92 Å². The van der Waals surface area contributed by atoms with Crippen LogP contribution >= 0.6 is 0 Å². The molecular weight excluding hydrogens is 554 g/mol. The molecule has 2 fully saturated rings. The maximum atomic E-state index is 13.4. The quantitative estimate of drug-likeness (QED) is 0.357. The Kier molecular flexibility index (Phi) is 9.20. The minimum atomic E-state index is -4.96. The highest BCUT2D eigenvalue weighted by molar-refractivity contribution is 5.79. The first-order valence-electron chi connectivity index (χ1n) is 13.5. The molecule has 1 aliphatic heterocycles. The molecule has 1 saturated carbocycles. The number of carbonyl (C=O) groups is 2. The van der Waals surface area contributed by atoms with E-state index in [-0.39, 0.29) is 42.0 Å². The number of ether oxygens (including phenoxy) is 1. The summed E-state index contributed by atoms with van der Waals surface area (Å²) in [6, 6.07) is 10.4. The average molecular weight is 587 g/mol. The summed E-state index contributed by atoms with van der Waals surface area (Å²) in [5, 5.41) is 11.4. The molecule has 0 bridgehead atoms. The second kappa shape index (κ2) is 12.3. The maximum Gasteiger partial charge on any atom is 0.416 e. The molecular formula is C29H32F6N2O4. The number of nitrogens with one attached hydrogen (secondary N) is 1. The van der Waals surface area contributed by atoms with Gasteiger partial charge in [-0.1, -0.05) is 30.3 Å². The summed E-state index contributed by atoms with van der Waals surface area (Å²) in [5.74, 6) is -0.645. The Morgan fingerprint density at radius 2 is 1.51 bits per heavy atom. The van der Waals surface area contributed by atoms with Gasteiger partial charge in [0, 0.05) is 31.0 Å². The van der Waals surface area contributed by atoms with Gasteiger partial charge in [0.25, 0.3) is 0 Å². The van der Waals surface area contributed by atoms with Crippen LogP contribution in [0, 0.1) is 5.92 Å². The molecule has 6 nitrogen and oxygen atoms in total. The van der Waals surface area contributed by atoms with E-state index in [4.69, 9.17) is 9.84 Å². The molecule has 41 heavy (non-hydrogen) atoms. The number of piperidine rings is 1. The molecule has 2 aromatic rings. The van der Waals surface area contributed by atoms with Crippen LogP contribution in [-0.2, 0) is 21.9 Å². The Labute approximate surface area is 233 Å². The van der Waals surface area contributed by atoms with Gasteiger partial charge < -0.3 is 20.1 Å². The summed E-state index contributed by atoms with van der Waals surface area (Å²) in [6.45, 7) is 2.03. The minimum Gasteiger partial charge on any atom is -0.465 e. The normalized spacial score (nSPS) is 24.5. The summed E-state index contributed by atoms with van der Waals surface area (Å²) in [5.41, 5.74) is -2.18. The van der Waals surface area contributed by atoms with Crippen molar-refractivity contribution in [1.29, 1.82) is 0 Å². The lowest BCUT2D eigenvalue weighted by molar-refractivity contribution is -0.143. The van der Waals surface area contributed by atoms with Crippen LogP contribution in [0.15, 0.2) is 48.5 Å². The first-order chi connectivity index (χ1) is 19.2. The lowest BCUT2D eigenvalue weighted by Crippen LogP contribution is -2.49. The highest BCUT2D eigenvalue weighted by atomic mass is 19.4. The van der Waals surface area contributed by atoms with Gasteiger partial charge >= 0.3 is 18.4 Å². The highest BCUT2D eigenvalue weighted by Crippen LogP contribution is 2.40.